The van der Waals surface area contributed by atoms with Crippen LogP contribution in [-0.2, 0) is 4.79 Å². The molecule has 2 heterocycles. The van der Waals surface area contributed by atoms with Crippen molar-refractivity contribution in [3.63, 3.8) is 0 Å². The Morgan fingerprint density at radius 2 is 2.11 bits per heavy atom. The third-order valence-electron chi connectivity index (χ3n) is 4.00. The van der Waals surface area contributed by atoms with E-state index >= 15 is 0 Å². The maximum Gasteiger partial charge on any atom is 0.245 e. The van der Waals surface area contributed by atoms with Crippen LogP contribution in [0.15, 0.2) is 18.2 Å². The molecule has 0 saturated carbocycles. The molecule has 0 spiro atoms. The first-order valence-corrected chi connectivity index (χ1v) is 6.79. The van der Waals surface area contributed by atoms with Crippen LogP contribution in [0.5, 0.6) is 0 Å². The van der Waals surface area contributed by atoms with E-state index in [4.69, 9.17) is 5.73 Å². The van der Waals surface area contributed by atoms with Crippen LogP contribution in [0.2, 0.25) is 0 Å². The first-order chi connectivity index (χ1) is 9.15. The first kappa shape index (κ1) is 12.4. The Morgan fingerprint density at radius 1 is 1.26 bits per heavy atom. The Balaban J connectivity index is 1.83. The maximum atomic E-state index is 11.6. The van der Waals surface area contributed by atoms with Gasteiger partial charge in [0.25, 0.3) is 0 Å². The molecule has 102 valence electrons. The number of rotatable bonds is 1. The number of hydrogen-bond acceptors (Lipinski definition) is 4. The van der Waals surface area contributed by atoms with Crippen molar-refractivity contribution in [2.45, 2.75) is 12.5 Å². The number of anilines is 2. The number of nitrogens with one attached hydrogen (secondary N) is 1. The number of fused-ring (bicyclic) bond motifs is 1. The normalized spacial score (nSPS) is 24.0. The highest BCUT2D eigenvalue weighted by molar-refractivity contribution is 6.02. The van der Waals surface area contributed by atoms with E-state index in [2.05, 4.69) is 28.2 Å². The quantitative estimate of drug-likeness (QED) is 0.783. The molecule has 0 aromatic heterocycles. The zero-order chi connectivity index (χ0) is 13.4. The molecule has 1 aromatic rings. The van der Waals surface area contributed by atoms with Crippen LogP contribution in [0.1, 0.15) is 18.0 Å². The molecule has 2 aliphatic rings. The van der Waals surface area contributed by atoms with Crippen LogP contribution in [0.4, 0.5) is 11.4 Å². The fourth-order valence-corrected chi connectivity index (χ4v) is 2.78. The van der Waals surface area contributed by atoms with Crippen molar-refractivity contribution in [2.24, 2.45) is 5.73 Å². The highest BCUT2D eigenvalue weighted by Gasteiger charge is 2.27. The van der Waals surface area contributed by atoms with Gasteiger partial charge in [-0.25, -0.2) is 0 Å². The van der Waals surface area contributed by atoms with Crippen LogP contribution < -0.4 is 16.0 Å². The Kier molecular flexibility index (Phi) is 3.16. The van der Waals surface area contributed by atoms with Crippen LogP contribution in [0.25, 0.3) is 0 Å². The largest absolute Gasteiger partial charge is 0.370 e. The molecule has 3 N–H and O–H groups in total. The third kappa shape index (κ3) is 2.31. The molecule has 0 aliphatic carbocycles. The summed E-state index contributed by atoms with van der Waals surface area (Å²) in [5.41, 5.74) is 8.77. The number of hydrogen-bond donors (Lipinski definition) is 2. The number of nitrogens with zero attached hydrogens (tertiary/aromatic N) is 2. The van der Waals surface area contributed by atoms with Gasteiger partial charge in [0.05, 0.1) is 0 Å². The average molecular weight is 260 g/mol. The SMILES string of the molecule is CN1CCCN(c2ccc3c(c2)NC(=O)C3N)CC1. The molecule has 0 radical (unpaired) electrons. The van der Waals surface area contributed by atoms with Gasteiger partial charge in [-0.3, -0.25) is 4.79 Å². The Labute approximate surface area is 113 Å². The minimum atomic E-state index is -0.515. The Hall–Kier alpha value is -1.59. The molecule has 1 unspecified atom stereocenters. The predicted molar refractivity (Wildman–Crippen MR) is 76.3 cm³/mol. The Bertz CT molecular complexity index is 502. The number of nitrogens with two attached hydrogens (primary N) is 1. The second-order valence-electron chi connectivity index (χ2n) is 5.38. The number of amides is 1. The summed E-state index contributed by atoms with van der Waals surface area (Å²) in [6, 6.07) is 5.58. The standard InChI is InChI=1S/C14H20N4O/c1-17-5-2-6-18(8-7-17)10-3-4-11-12(9-10)16-14(19)13(11)15/h3-4,9,13H,2,5-8,15H2,1H3,(H,16,19). The molecule has 19 heavy (non-hydrogen) atoms. The summed E-state index contributed by atoms with van der Waals surface area (Å²) in [5.74, 6) is -0.109. The van der Waals surface area contributed by atoms with E-state index in [9.17, 15) is 4.79 Å². The second-order valence-corrected chi connectivity index (χ2v) is 5.38. The topological polar surface area (TPSA) is 61.6 Å². The summed E-state index contributed by atoms with van der Waals surface area (Å²) in [6.07, 6.45) is 1.17. The number of carbonyl (C=O) groups is 1. The lowest BCUT2D eigenvalue weighted by Gasteiger charge is -2.23. The first-order valence-electron chi connectivity index (χ1n) is 6.79. The fraction of sp³-hybridized carbons (Fsp3) is 0.500. The molecule has 3 rings (SSSR count). The van der Waals surface area contributed by atoms with Gasteiger partial charge in [0.1, 0.15) is 6.04 Å². The van der Waals surface area contributed by atoms with Gasteiger partial charge in [0.15, 0.2) is 0 Å². The van der Waals surface area contributed by atoms with Crippen LogP contribution in [-0.4, -0.2) is 44.0 Å². The lowest BCUT2D eigenvalue weighted by molar-refractivity contribution is -0.116. The van der Waals surface area contributed by atoms with E-state index in [1.54, 1.807) is 0 Å². The molecule has 1 fully saturated rings. The van der Waals surface area contributed by atoms with Crippen molar-refractivity contribution in [3.8, 4) is 0 Å². The van der Waals surface area contributed by atoms with Gasteiger partial charge in [0, 0.05) is 36.6 Å². The lowest BCUT2D eigenvalue weighted by Crippen LogP contribution is -2.28. The van der Waals surface area contributed by atoms with Gasteiger partial charge in [-0.1, -0.05) is 6.07 Å². The van der Waals surface area contributed by atoms with Crippen molar-refractivity contribution >= 4 is 17.3 Å². The zero-order valence-electron chi connectivity index (χ0n) is 11.2. The molecular formula is C14H20N4O. The van der Waals surface area contributed by atoms with Crippen molar-refractivity contribution in [2.75, 3.05) is 43.4 Å². The van der Waals surface area contributed by atoms with Crippen molar-refractivity contribution in [1.82, 2.24) is 4.90 Å². The van der Waals surface area contributed by atoms with Crippen LogP contribution in [0.3, 0.4) is 0 Å². The zero-order valence-corrected chi connectivity index (χ0v) is 11.2. The molecule has 1 saturated heterocycles. The molecule has 1 amide bonds. The lowest BCUT2D eigenvalue weighted by atomic mass is 10.1. The van der Waals surface area contributed by atoms with E-state index < -0.39 is 6.04 Å². The van der Waals surface area contributed by atoms with E-state index in [-0.39, 0.29) is 5.91 Å². The maximum absolute atomic E-state index is 11.6. The Morgan fingerprint density at radius 3 is 2.95 bits per heavy atom. The number of benzene rings is 1. The summed E-state index contributed by atoms with van der Waals surface area (Å²) < 4.78 is 0. The smallest absolute Gasteiger partial charge is 0.245 e. The average Bonchev–Trinajstić information content (AvgIpc) is 2.57. The minimum absolute atomic E-state index is 0.109. The monoisotopic (exact) mass is 260 g/mol. The van der Waals surface area contributed by atoms with E-state index in [1.807, 2.05) is 12.1 Å². The molecule has 5 nitrogen and oxygen atoms in total. The second kappa shape index (κ2) is 4.83. The third-order valence-corrected chi connectivity index (χ3v) is 4.00. The van der Waals surface area contributed by atoms with E-state index in [0.717, 1.165) is 37.4 Å². The minimum Gasteiger partial charge on any atom is -0.370 e. The fourth-order valence-electron chi connectivity index (χ4n) is 2.78. The van der Waals surface area contributed by atoms with Gasteiger partial charge in [0.2, 0.25) is 5.91 Å². The van der Waals surface area contributed by atoms with Gasteiger partial charge >= 0.3 is 0 Å². The van der Waals surface area contributed by atoms with Gasteiger partial charge in [-0.2, -0.15) is 0 Å². The van der Waals surface area contributed by atoms with Crippen molar-refractivity contribution in [1.29, 1.82) is 0 Å². The highest BCUT2D eigenvalue weighted by atomic mass is 16.2. The summed E-state index contributed by atoms with van der Waals surface area (Å²) in [4.78, 5) is 16.3. The number of likely N-dealkylation sites (N-methyl/N-ethyl adjacent to an activating group) is 1. The summed E-state index contributed by atoms with van der Waals surface area (Å²) >= 11 is 0. The molecule has 5 heteroatoms. The predicted octanol–water partition coefficient (Wildman–Crippen LogP) is 0.780. The van der Waals surface area contributed by atoms with Crippen molar-refractivity contribution < 1.29 is 4.79 Å². The molecule has 0 bridgehead atoms. The summed E-state index contributed by atoms with van der Waals surface area (Å²) in [5, 5.41) is 2.85. The van der Waals surface area contributed by atoms with Gasteiger partial charge in [-0.15, -0.1) is 0 Å². The number of carbonyl (C=O) groups excluding carboxylic acids is 1. The molecule has 2 aliphatic heterocycles. The molecular weight excluding hydrogens is 240 g/mol. The molecule has 1 aromatic carbocycles. The highest BCUT2D eigenvalue weighted by Crippen LogP contribution is 2.32. The molecule has 1 atom stereocenters. The van der Waals surface area contributed by atoms with Crippen LogP contribution in [0, 0.1) is 0 Å². The van der Waals surface area contributed by atoms with E-state index in [0.29, 0.717) is 0 Å². The van der Waals surface area contributed by atoms with E-state index in [1.165, 1.54) is 12.1 Å². The van der Waals surface area contributed by atoms with Gasteiger partial charge < -0.3 is 20.9 Å². The van der Waals surface area contributed by atoms with Crippen LogP contribution >= 0.6 is 0 Å². The summed E-state index contributed by atoms with van der Waals surface area (Å²) in [6.45, 7) is 4.30. The van der Waals surface area contributed by atoms with Crippen molar-refractivity contribution in [3.05, 3.63) is 23.8 Å². The van der Waals surface area contributed by atoms with Gasteiger partial charge in [-0.05, 0) is 32.1 Å². The summed E-state index contributed by atoms with van der Waals surface area (Å²) in [7, 11) is 2.16.